The van der Waals surface area contributed by atoms with E-state index in [1.807, 2.05) is 18.2 Å². The standard InChI is InChI=1S/C17H17NO3/c1-12-5-2-3-6-13(12)11-18-9-10-21-16-14(17(19)20)7-4-8-15(16)18/h2-8H,9-11H2,1H3,(H,19,20). The van der Waals surface area contributed by atoms with E-state index in [2.05, 4.69) is 24.0 Å². The lowest BCUT2D eigenvalue weighted by atomic mass is 10.1. The lowest BCUT2D eigenvalue weighted by Gasteiger charge is -2.32. The summed E-state index contributed by atoms with van der Waals surface area (Å²) in [6.07, 6.45) is 0. The summed E-state index contributed by atoms with van der Waals surface area (Å²) in [4.78, 5) is 13.5. The average molecular weight is 283 g/mol. The first-order chi connectivity index (χ1) is 10.2. The van der Waals surface area contributed by atoms with Crippen molar-refractivity contribution < 1.29 is 14.6 Å². The SMILES string of the molecule is Cc1ccccc1CN1CCOc2c(C(=O)O)cccc21. The predicted octanol–water partition coefficient (Wildman–Crippen LogP) is 3.09. The summed E-state index contributed by atoms with van der Waals surface area (Å²) in [7, 11) is 0. The van der Waals surface area contributed by atoms with E-state index in [0.29, 0.717) is 12.4 Å². The average Bonchev–Trinajstić information content (AvgIpc) is 2.49. The molecule has 0 spiro atoms. The number of nitrogens with zero attached hydrogens (tertiary/aromatic N) is 1. The summed E-state index contributed by atoms with van der Waals surface area (Å²) >= 11 is 0. The number of anilines is 1. The van der Waals surface area contributed by atoms with Crippen LogP contribution in [0.25, 0.3) is 0 Å². The second kappa shape index (κ2) is 5.48. The van der Waals surface area contributed by atoms with Crippen LogP contribution in [0, 0.1) is 6.92 Å². The Hall–Kier alpha value is -2.49. The van der Waals surface area contributed by atoms with Crippen LogP contribution >= 0.6 is 0 Å². The minimum atomic E-state index is -0.954. The summed E-state index contributed by atoms with van der Waals surface area (Å²) in [5.74, 6) is -0.477. The summed E-state index contributed by atoms with van der Waals surface area (Å²) in [5.41, 5.74) is 3.55. The van der Waals surface area contributed by atoms with Crippen LogP contribution in [0.3, 0.4) is 0 Å². The third-order valence-electron chi connectivity index (χ3n) is 3.80. The molecule has 0 unspecified atom stereocenters. The second-order valence-electron chi connectivity index (χ2n) is 5.16. The van der Waals surface area contributed by atoms with E-state index in [4.69, 9.17) is 4.74 Å². The lowest BCUT2D eigenvalue weighted by Crippen LogP contribution is -2.33. The maximum absolute atomic E-state index is 11.3. The van der Waals surface area contributed by atoms with E-state index in [0.717, 1.165) is 18.8 Å². The van der Waals surface area contributed by atoms with Gasteiger partial charge in [-0.25, -0.2) is 4.79 Å². The summed E-state index contributed by atoms with van der Waals surface area (Å²) < 4.78 is 5.59. The molecule has 0 aliphatic carbocycles. The van der Waals surface area contributed by atoms with Crippen LogP contribution in [0.4, 0.5) is 5.69 Å². The molecule has 1 aliphatic heterocycles. The number of para-hydroxylation sites is 1. The van der Waals surface area contributed by atoms with Crippen LogP contribution < -0.4 is 9.64 Å². The number of aromatic carboxylic acids is 1. The molecule has 0 radical (unpaired) electrons. The van der Waals surface area contributed by atoms with Crippen molar-refractivity contribution >= 4 is 11.7 Å². The van der Waals surface area contributed by atoms with Gasteiger partial charge in [-0.2, -0.15) is 0 Å². The smallest absolute Gasteiger partial charge is 0.339 e. The van der Waals surface area contributed by atoms with Crippen molar-refractivity contribution in [1.82, 2.24) is 0 Å². The lowest BCUT2D eigenvalue weighted by molar-refractivity contribution is 0.0692. The molecule has 2 aromatic carbocycles. The first-order valence-electron chi connectivity index (χ1n) is 6.95. The summed E-state index contributed by atoms with van der Waals surface area (Å²) in [6.45, 7) is 4.10. The van der Waals surface area contributed by atoms with Crippen molar-refractivity contribution in [3.05, 3.63) is 59.2 Å². The molecule has 4 heteroatoms. The first kappa shape index (κ1) is 13.5. The van der Waals surface area contributed by atoms with Crippen LogP contribution in [0.5, 0.6) is 5.75 Å². The molecule has 1 N–H and O–H groups in total. The Morgan fingerprint density at radius 1 is 1.24 bits per heavy atom. The van der Waals surface area contributed by atoms with Gasteiger partial charge in [0.15, 0.2) is 5.75 Å². The summed E-state index contributed by atoms with van der Waals surface area (Å²) in [5, 5.41) is 9.26. The van der Waals surface area contributed by atoms with E-state index in [9.17, 15) is 9.90 Å². The van der Waals surface area contributed by atoms with Crippen molar-refractivity contribution in [2.45, 2.75) is 13.5 Å². The number of fused-ring (bicyclic) bond motifs is 1. The molecular weight excluding hydrogens is 266 g/mol. The monoisotopic (exact) mass is 283 g/mol. The maximum atomic E-state index is 11.3. The van der Waals surface area contributed by atoms with E-state index in [1.54, 1.807) is 12.1 Å². The van der Waals surface area contributed by atoms with Crippen molar-refractivity contribution in [1.29, 1.82) is 0 Å². The largest absolute Gasteiger partial charge is 0.489 e. The fraction of sp³-hybridized carbons (Fsp3) is 0.235. The molecule has 108 valence electrons. The Labute approximate surface area is 123 Å². The molecule has 0 fully saturated rings. The van der Waals surface area contributed by atoms with E-state index in [1.165, 1.54) is 11.1 Å². The molecule has 4 nitrogen and oxygen atoms in total. The zero-order valence-electron chi connectivity index (χ0n) is 11.9. The Morgan fingerprint density at radius 2 is 2.05 bits per heavy atom. The molecule has 0 amide bonds. The molecule has 2 aromatic rings. The number of benzene rings is 2. The van der Waals surface area contributed by atoms with Crippen molar-refractivity contribution in [2.24, 2.45) is 0 Å². The minimum Gasteiger partial charge on any atom is -0.489 e. The Bertz CT molecular complexity index is 681. The molecule has 0 bridgehead atoms. The van der Waals surface area contributed by atoms with Gasteiger partial charge in [0.25, 0.3) is 0 Å². The number of rotatable bonds is 3. The highest BCUT2D eigenvalue weighted by atomic mass is 16.5. The molecule has 0 saturated heterocycles. The number of carbonyl (C=O) groups is 1. The van der Waals surface area contributed by atoms with Crippen LogP contribution in [0.15, 0.2) is 42.5 Å². The zero-order valence-corrected chi connectivity index (χ0v) is 11.9. The molecule has 1 aliphatic rings. The van der Waals surface area contributed by atoms with Gasteiger partial charge in [-0.3, -0.25) is 0 Å². The highest BCUT2D eigenvalue weighted by Crippen LogP contribution is 2.35. The van der Waals surface area contributed by atoms with Crippen molar-refractivity contribution in [3.8, 4) is 5.75 Å². The first-order valence-corrected chi connectivity index (χ1v) is 6.95. The Morgan fingerprint density at radius 3 is 2.81 bits per heavy atom. The number of carboxylic acid groups (broad SMARTS) is 1. The fourth-order valence-corrected chi connectivity index (χ4v) is 2.63. The number of aryl methyl sites for hydroxylation is 1. The predicted molar refractivity (Wildman–Crippen MR) is 81.1 cm³/mol. The van der Waals surface area contributed by atoms with Gasteiger partial charge >= 0.3 is 5.97 Å². The van der Waals surface area contributed by atoms with E-state index >= 15 is 0 Å². The Balaban J connectivity index is 1.96. The molecule has 0 saturated carbocycles. The highest BCUT2D eigenvalue weighted by Gasteiger charge is 2.23. The topological polar surface area (TPSA) is 49.8 Å². The van der Waals surface area contributed by atoms with Gasteiger partial charge < -0.3 is 14.7 Å². The van der Waals surface area contributed by atoms with Gasteiger partial charge in [-0.1, -0.05) is 30.3 Å². The number of ether oxygens (including phenoxy) is 1. The molecule has 0 aromatic heterocycles. The third-order valence-corrected chi connectivity index (χ3v) is 3.80. The fourth-order valence-electron chi connectivity index (χ4n) is 2.63. The number of hydrogen-bond donors (Lipinski definition) is 1. The van der Waals surface area contributed by atoms with Gasteiger partial charge in [0.05, 0.1) is 12.2 Å². The van der Waals surface area contributed by atoms with Crippen molar-refractivity contribution in [2.75, 3.05) is 18.1 Å². The normalized spacial score (nSPS) is 13.5. The molecule has 21 heavy (non-hydrogen) atoms. The number of hydrogen-bond acceptors (Lipinski definition) is 3. The van der Waals surface area contributed by atoms with Crippen LogP contribution in [0.1, 0.15) is 21.5 Å². The number of carboxylic acids is 1. The Kier molecular flexibility index (Phi) is 3.52. The van der Waals surface area contributed by atoms with Crippen LogP contribution in [0.2, 0.25) is 0 Å². The van der Waals surface area contributed by atoms with Gasteiger partial charge in [-0.15, -0.1) is 0 Å². The molecular formula is C17H17NO3. The van der Waals surface area contributed by atoms with E-state index < -0.39 is 5.97 Å². The van der Waals surface area contributed by atoms with Gasteiger partial charge in [0, 0.05) is 6.54 Å². The van der Waals surface area contributed by atoms with Crippen LogP contribution in [-0.4, -0.2) is 24.2 Å². The second-order valence-corrected chi connectivity index (χ2v) is 5.16. The highest BCUT2D eigenvalue weighted by molar-refractivity contribution is 5.93. The third kappa shape index (κ3) is 2.57. The maximum Gasteiger partial charge on any atom is 0.339 e. The van der Waals surface area contributed by atoms with Crippen molar-refractivity contribution in [3.63, 3.8) is 0 Å². The van der Waals surface area contributed by atoms with Gasteiger partial charge in [-0.05, 0) is 30.2 Å². The van der Waals surface area contributed by atoms with E-state index in [-0.39, 0.29) is 5.56 Å². The van der Waals surface area contributed by atoms with Gasteiger partial charge in [0.1, 0.15) is 12.2 Å². The molecule has 3 rings (SSSR count). The van der Waals surface area contributed by atoms with Crippen LogP contribution in [-0.2, 0) is 6.54 Å². The molecule has 0 atom stereocenters. The summed E-state index contributed by atoms with van der Waals surface area (Å²) in [6, 6.07) is 13.5. The minimum absolute atomic E-state index is 0.224. The zero-order chi connectivity index (χ0) is 14.8. The quantitative estimate of drug-likeness (QED) is 0.940. The molecule has 1 heterocycles. The van der Waals surface area contributed by atoms with Gasteiger partial charge in [0.2, 0.25) is 0 Å².